The molecule has 0 atom stereocenters. The SMILES string of the molecule is Cc1cc(C(C)(C)C)ccc1Oc1ccc(CN)cc1F. The van der Waals surface area contributed by atoms with Gasteiger partial charge in [0.05, 0.1) is 0 Å². The minimum atomic E-state index is -0.391. The van der Waals surface area contributed by atoms with E-state index < -0.39 is 5.82 Å². The van der Waals surface area contributed by atoms with Crippen LogP contribution < -0.4 is 10.5 Å². The average molecular weight is 287 g/mol. The van der Waals surface area contributed by atoms with E-state index in [0.29, 0.717) is 12.3 Å². The summed E-state index contributed by atoms with van der Waals surface area (Å²) in [6.45, 7) is 8.77. The van der Waals surface area contributed by atoms with Crippen molar-refractivity contribution in [1.82, 2.24) is 0 Å². The van der Waals surface area contributed by atoms with Gasteiger partial charge in [0.15, 0.2) is 11.6 Å². The lowest BCUT2D eigenvalue weighted by Gasteiger charge is -2.20. The standard InChI is InChI=1S/C18H22FNO/c1-12-9-14(18(2,3)4)6-8-16(12)21-17-7-5-13(11-20)10-15(17)19/h5-10H,11,20H2,1-4H3. The van der Waals surface area contributed by atoms with Gasteiger partial charge in [-0.05, 0) is 47.2 Å². The third-order valence-corrected chi connectivity index (χ3v) is 3.49. The first kappa shape index (κ1) is 15.5. The summed E-state index contributed by atoms with van der Waals surface area (Å²) in [5, 5.41) is 0. The van der Waals surface area contributed by atoms with E-state index in [1.807, 2.05) is 19.1 Å². The van der Waals surface area contributed by atoms with Crippen molar-refractivity contribution in [3.8, 4) is 11.5 Å². The Bertz CT molecular complexity index is 644. The molecule has 0 aromatic heterocycles. The Morgan fingerprint density at radius 2 is 1.71 bits per heavy atom. The number of rotatable bonds is 3. The maximum Gasteiger partial charge on any atom is 0.166 e. The fraction of sp³-hybridized carbons (Fsp3) is 0.333. The topological polar surface area (TPSA) is 35.2 Å². The van der Waals surface area contributed by atoms with Crippen LogP contribution in [0.5, 0.6) is 11.5 Å². The molecule has 2 N–H and O–H groups in total. The lowest BCUT2D eigenvalue weighted by atomic mass is 9.86. The summed E-state index contributed by atoms with van der Waals surface area (Å²) in [6.07, 6.45) is 0. The van der Waals surface area contributed by atoms with Crippen molar-refractivity contribution in [2.45, 2.75) is 39.7 Å². The number of aryl methyl sites for hydroxylation is 1. The third-order valence-electron chi connectivity index (χ3n) is 3.49. The van der Waals surface area contributed by atoms with Crippen molar-refractivity contribution in [1.29, 1.82) is 0 Å². The summed E-state index contributed by atoms with van der Waals surface area (Å²) in [5.41, 5.74) is 8.54. The first-order valence-corrected chi connectivity index (χ1v) is 7.09. The highest BCUT2D eigenvalue weighted by atomic mass is 19.1. The minimum absolute atomic E-state index is 0.0807. The van der Waals surface area contributed by atoms with Gasteiger partial charge in [-0.1, -0.05) is 39.0 Å². The summed E-state index contributed by atoms with van der Waals surface area (Å²) in [4.78, 5) is 0. The summed E-state index contributed by atoms with van der Waals surface area (Å²) in [5.74, 6) is 0.499. The highest BCUT2D eigenvalue weighted by molar-refractivity contribution is 5.42. The van der Waals surface area contributed by atoms with Crippen LogP contribution in [-0.2, 0) is 12.0 Å². The summed E-state index contributed by atoms with van der Waals surface area (Å²) >= 11 is 0. The van der Waals surface area contributed by atoms with Gasteiger partial charge >= 0.3 is 0 Å². The minimum Gasteiger partial charge on any atom is -0.454 e. The van der Waals surface area contributed by atoms with Crippen molar-refractivity contribution in [2.24, 2.45) is 5.73 Å². The molecule has 0 unspecified atom stereocenters. The van der Waals surface area contributed by atoms with Crippen molar-refractivity contribution < 1.29 is 9.13 Å². The fourth-order valence-corrected chi connectivity index (χ4v) is 2.10. The second kappa shape index (κ2) is 5.86. The Labute approximate surface area is 125 Å². The molecule has 0 heterocycles. The molecule has 0 spiro atoms. The zero-order valence-corrected chi connectivity index (χ0v) is 13.0. The molecule has 2 aromatic carbocycles. The van der Waals surface area contributed by atoms with Crippen molar-refractivity contribution in [3.63, 3.8) is 0 Å². The Hall–Kier alpha value is -1.87. The zero-order chi connectivity index (χ0) is 15.6. The Morgan fingerprint density at radius 3 is 2.24 bits per heavy atom. The molecule has 0 saturated carbocycles. The lowest BCUT2D eigenvalue weighted by molar-refractivity contribution is 0.438. The number of benzene rings is 2. The normalized spacial score (nSPS) is 11.5. The molecule has 0 aliphatic heterocycles. The van der Waals surface area contributed by atoms with Crippen LogP contribution in [-0.4, -0.2) is 0 Å². The molecule has 0 fully saturated rings. The second-order valence-corrected chi connectivity index (χ2v) is 6.30. The Kier molecular flexibility index (Phi) is 4.33. The van der Waals surface area contributed by atoms with Gasteiger partial charge in [-0.25, -0.2) is 4.39 Å². The van der Waals surface area contributed by atoms with E-state index in [2.05, 4.69) is 26.8 Å². The number of halogens is 1. The van der Waals surface area contributed by atoms with Gasteiger partial charge in [-0.3, -0.25) is 0 Å². The molecule has 0 saturated heterocycles. The number of nitrogens with two attached hydrogens (primary N) is 1. The Balaban J connectivity index is 2.28. The molecule has 3 heteroatoms. The fourth-order valence-electron chi connectivity index (χ4n) is 2.10. The second-order valence-electron chi connectivity index (χ2n) is 6.30. The molecule has 2 rings (SSSR count). The predicted molar refractivity (Wildman–Crippen MR) is 84.2 cm³/mol. The van der Waals surface area contributed by atoms with Gasteiger partial charge in [0.1, 0.15) is 5.75 Å². The van der Waals surface area contributed by atoms with E-state index in [0.717, 1.165) is 11.1 Å². The number of hydrogen-bond donors (Lipinski definition) is 1. The molecular weight excluding hydrogens is 265 g/mol. The average Bonchev–Trinajstić information content (AvgIpc) is 2.41. The number of hydrogen-bond acceptors (Lipinski definition) is 2. The smallest absolute Gasteiger partial charge is 0.166 e. The van der Waals surface area contributed by atoms with Crippen LogP contribution in [0, 0.1) is 12.7 Å². The van der Waals surface area contributed by atoms with E-state index in [9.17, 15) is 4.39 Å². The van der Waals surface area contributed by atoms with Gasteiger partial charge < -0.3 is 10.5 Å². The van der Waals surface area contributed by atoms with E-state index >= 15 is 0 Å². The summed E-state index contributed by atoms with van der Waals surface area (Å²) < 4.78 is 19.6. The predicted octanol–water partition coefficient (Wildman–Crippen LogP) is 4.68. The van der Waals surface area contributed by atoms with Gasteiger partial charge in [-0.2, -0.15) is 0 Å². The van der Waals surface area contributed by atoms with Crippen LogP contribution in [0.15, 0.2) is 36.4 Å². The first-order chi connectivity index (χ1) is 9.81. The molecule has 0 radical (unpaired) electrons. The van der Waals surface area contributed by atoms with E-state index in [-0.39, 0.29) is 11.2 Å². The van der Waals surface area contributed by atoms with Crippen LogP contribution in [0.1, 0.15) is 37.5 Å². The molecule has 112 valence electrons. The van der Waals surface area contributed by atoms with Crippen LogP contribution in [0.3, 0.4) is 0 Å². The maximum atomic E-state index is 13.9. The van der Waals surface area contributed by atoms with Crippen LogP contribution in [0.25, 0.3) is 0 Å². The summed E-state index contributed by atoms with van der Waals surface area (Å²) in [7, 11) is 0. The molecule has 0 aliphatic rings. The first-order valence-electron chi connectivity index (χ1n) is 7.09. The molecule has 21 heavy (non-hydrogen) atoms. The maximum absolute atomic E-state index is 13.9. The largest absolute Gasteiger partial charge is 0.454 e. The third kappa shape index (κ3) is 3.61. The summed E-state index contributed by atoms with van der Waals surface area (Å²) in [6, 6.07) is 10.8. The van der Waals surface area contributed by atoms with E-state index in [1.165, 1.54) is 11.6 Å². The zero-order valence-electron chi connectivity index (χ0n) is 13.0. The van der Waals surface area contributed by atoms with Crippen molar-refractivity contribution in [2.75, 3.05) is 0 Å². The van der Waals surface area contributed by atoms with Gasteiger partial charge in [-0.15, -0.1) is 0 Å². The molecule has 0 bridgehead atoms. The highest BCUT2D eigenvalue weighted by Crippen LogP contribution is 2.31. The van der Waals surface area contributed by atoms with Crippen molar-refractivity contribution >= 4 is 0 Å². The Morgan fingerprint density at radius 1 is 1.05 bits per heavy atom. The molecular formula is C18H22FNO. The highest BCUT2D eigenvalue weighted by Gasteiger charge is 2.15. The van der Waals surface area contributed by atoms with Gasteiger partial charge in [0.25, 0.3) is 0 Å². The molecule has 0 aliphatic carbocycles. The lowest BCUT2D eigenvalue weighted by Crippen LogP contribution is -2.11. The quantitative estimate of drug-likeness (QED) is 0.889. The van der Waals surface area contributed by atoms with Crippen LogP contribution in [0.2, 0.25) is 0 Å². The molecule has 0 amide bonds. The van der Waals surface area contributed by atoms with Crippen molar-refractivity contribution in [3.05, 3.63) is 58.9 Å². The van der Waals surface area contributed by atoms with Crippen LogP contribution >= 0.6 is 0 Å². The van der Waals surface area contributed by atoms with Gasteiger partial charge in [0.2, 0.25) is 0 Å². The monoisotopic (exact) mass is 287 g/mol. The molecule has 2 aromatic rings. The molecule has 2 nitrogen and oxygen atoms in total. The van der Waals surface area contributed by atoms with E-state index in [1.54, 1.807) is 12.1 Å². The number of ether oxygens (including phenoxy) is 1. The van der Waals surface area contributed by atoms with E-state index in [4.69, 9.17) is 10.5 Å². The van der Waals surface area contributed by atoms with Crippen LogP contribution in [0.4, 0.5) is 4.39 Å². The van der Waals surface area contributed by atoms with Gasteiger partial charge in [0, 0.05) is 6.54 Å².